The number of allylic oxidation sites excluding steroid dienone is 1. The van der Waals surface area contributed by atoms with Gasteiger partial charge in [0, 0.05) is 13.1 Å². The van der Waals surface area contributed by atoms with Crippen LogP contribution in [0.4, 0.5) is 0 Å². The summed E-state index contributed by atoms with van der Waals surface area (Å²) in [5.41, 5.74) is 2.73. The number of fused-ring (bicyclic) bond motifs is 1. The van der Waals surface area contributed by atoms with Gasteiger partial charge in [-0.15, -0.1) is 11.3 Å². The molecule has 1 atom stereocenters. The van der Waals surface area contributed by atoms with Gasteiger partial charge in [-0.1, -0.05) is 48.0 Å². The topological polar surface area (TPSA) is 67.2 Å². The van der Waals surface area contributed by atoms with E-state index in [0.717, 1.165) is 35.4 Å². The van der Waals surface area contributed by atoms with Gasteiger partial charge < -0.3 is 10.2 Å². The van der Waals surface area contributed by atoms with Crippen molar-refractivity contribution in [3.05, 3.63) is 76.8 Å². The van der Waals surface area contributed by atoms with Crippen LogP contribution in [0.3, 0.4) is 0 Å². The number of amides is 2. The van der Waals surface area contributed by atoms with Crippen molar-refractivity contribution in [2.24, 2.45) is 0 Å². The monoisotopic (exact) mass is 474 g/mol. The summed E-state index contributed by atoms with van der Waals surface area (Å²) in [6.07, 6.45) is 7.74. The van der Waals surface area contributed by atoms with Gasteiger partial charge in [0.15, 0.2) is 0 Å². The minimum atomic E-state index is -1.02. The van der Waals surface area contributed by atoms with Crippen LogP contribution >= 0.6 is 11.3 Å². The van der Waals surface area contributed by atoms with Crippen LogP contribution in [0.5, 0.6) is 0 Å². The SMILES string of the molecule is CC1(C(=O)NCc2ccccc2)Cn2nc(-c3cccs3)cc2C(=O)N1CCC1=CCCCC1. The maximum Gasteiger partial charge on any atom is 0.273 e. The summed E-state index contributed by atoms with van der Waals surface area (Å²) in [7, 11) is 0. The number of hydrogen-bond acceptors (Lipinski definition) is 4. The smallest absolute Gasteiger partial charge is 0.273 e. The number of nitrogens with zero attached hydrogens (tertiary/aromatic N) is 3. The highest BCUT2D eigenvalue weighted by Gasteiger charge is 2.47. The third-order valence-electron chi connectivity index (χ3n) is 6.90. The van der Waals surface area contributed by atoms with Gasteiger partial charge in [0.25, 0.3) is 5.91 Å². The van der Waals surface area contributed by atoms with Crippen LogP contribution in [0.1, 0.15) is 55.1 Å². The molecule has 2 amide bonds. The van der Waals surface area contributed by atoms with Crippen LogP contribution in [-0.4, -0.2) is 38.6 Å². The minimum Gasteiger partial charge on any atom is -0.350 e. The molecule has 1 unspecified atom stereocenters. The lowest BCUT2D eigenvalue weighted by Gasteiger charge is -2.43. The van der Waals surface area contributed by atoms with E-state index in [9.17, 15) is 9.59 Å². The first-order chi connectivity index (χ1) is 16.5. The standard InChI is InChI=1S/C27H30N4O2S/c1-27(26(33)28-18-21-11-6-3-7-12-21)19-31-23(17-22(29-31)24-13-8-16-34-24)25(32)30(27)15-14-20-9-4-2-5-10-20/h3,6-9,11-13,16-17H,2,4-5,10,14-15,18-19H2,1H3,(H,28,33). The van der Waals surface area contributed by atoms with Crippen molar-refractivity contribution in [2.75, 3.05) is 6.54 Å². The molecule has 7 heteroatoms. The Kier molecular flexibility index (Phi) is 6.37. The van der Waals surface area contributed by atoms with E-state index in [1.54, 1.807) is 20.9 Å². The number of thiophene rings is 1. The lowest BCUT2D eigenvalue weighted by Crippen LogP contribution is -2.64. The molecule has 1 aromatic carbocycles. The lowest BCUT2D eigenvalue weighted by atomic mass is 9.92. The summed E-state index contributed by atoms with van der Waals surface area (Å²) in [4.78, 5) is 30.1. The molecule has 3 aromatic rings. The van der Waals surface area contributed by atoms with E-state index in [4.69, 9.17) is 5.10 Å². The van der Waals surface area contributed by atoms with Crippen LogP contribution in [-0.2, 0) is 17.9 Å². The highest BCUT2D eigenvalue weighted by atomic mass is 32.1. The fourth-order valence-electron chi connectivity index (χ4n) is 4.89. The molecule has 2 aliphatic rings. The lowest BCUT2D eigenvalue weighted by molar-refractivity contribution is -0.133. The Morgan fingerprint density at radius 2 is 2.03 bits per heavy atom. The quantitative estimate of drug-likeness (QED) is 0.488. The van der Waals surface area contributed by atoms with E-state index < -0.39 is 5.54 Å². The molecule has 0 radical (unpaired) electrons. The predicted octanol–water partition coefficient (Wildman–Crippen LogP) is 5.03. The number of benzene rings is 1. The van der Waals surface area contributed by atoms with Gasteiger partial charge in [0.05, 0.1) is 11.4 Å². The van der Waals surface area contributed by atoms with E-state index >= 15 is 0 Å². The summed E-state index contributed by atoms with van der Waals surface area (Å²) in [6, 6.07) is 15.7. The average molecular weight is 475 g/mol. The number of carbonyl (C=O) groups is 2. The first kappa shape index (κ1) is 22.6. The molecule has 1 aliphatic carbocycles. The maximum atomic E-state index is 13.7. The molecule has 0 spiro atoms. The Hall–Kier alpha value is -3.19. The molecule has 34 heavy (non-hydrogen) atoms. The highest BCUT2D eigenvalue weighted by Crippen LogP contribution is 2.32. The Labute approximate surface area is 204 Å². The van der Waals surface area contributed by atoms with Gasteiger partial charge in [0.1, 0.15) is 16.9 Å². The zero-order valence-electron chi connectivity index (χ0n) is 19.5. The Bertz CT molecular complexity index is 1200. The number of aromatic nitrogens is 2. The zero-order chi connectivity index (χ0) is 23.5. The molecule has 1 N–H and O–H groups in total. The minimum absolute atomic E-state index is 0.129. The average Bonchev–Trinajstić information content (AvgIpc) is 3.54. The van der Waals surface area contributed by atoms with Crippen LogP contribution in [0.2, 0.25) is 0 Å². The molecule has 3 heterocycles. The molecule has 0 fully saturated rings. The van der Waals surface area contributed by atoms with Crippen molar-refractivity contribution >= 4 is 23.2 Å². The second-order valence-electron chi connectivity index (χ2n) is 9.31. The van der Waals surface area contributed by atoms with E-state index in [0.29, 0.717) is 25.3 Å². The molecule has 0 saturated carbocycles. The van der Waals surface area contributed by atoms with Gasteiger partial charge in [-0.25, -0.2) is 0 Å². The van der Waals surface area contributed by atoms with Gasteiger partial charge >= 0.3 is 0 Å². The van der Waals surface area contributed by atoms with E-state index in [-0.39, 0.29) is 11.8 Å². The number of carbonyl (C=O) groups excluding carboxylic acids is 2. The highest BCUT2D eigenvalue weighted by molar-refractivity contribution is 7.13. The van der Waals surface area contributed by atoms with Crippen molar-refractivity contribution in [2.45, 2.75) is 57.7 Å². The van der Waals surface area contributed by atoms with E-state index in [1.165, 1.54) is 18.4 Å². The fraction of sp³-hybridized carbons (Fsp3) is 0.370. The van der Waals surface area contributed by atoms with Crippen molar-refractivity contribution in [1.82, 2.24) is 20.0 Å². The molecule has 5 rings (SSSR count). The van der Waals surface area contributed by atoms with E-state index in [2.05, 4.69) is 11.4 Å². The summed E-state index contributed by atoms with van der Waals surface area (Å²) in [5.74, 6) is -0.281. The number of nitrogens with one attached hydrogen (secondary N) is 1. The first-order valence-electron chi connectivity index (χ1n) is 12.0. The van der Waals surface area contributed by atoms with Crippen molar-refractivity contribution in [3.8, 4) is 10.6 Å². The summed E-state index contributed by atoms with van der Waals surface area (Å²) < 4.78 is 1.72. The molecule has 176 valence electrons. The van der Waals surface area contributed by atoms with Gasteiger partial charge in [0.2, 0.25) is 5.91 Å². The largest absolute Gasteiger partial charge is 0.350 e. The maximum absolute atomic E-state index is 13.7. The summed E-state index contributed by atoms with van der Waals surface area (Å²) >= 11 is 1.59. The molecular formula is C27H30N4O2S. The van der Waals surface area contributed by atoms with Gasteiger partial charge in [-0.3, -0.25) is 14.3 Å². The normalized spacial score (nSPS) is 20.1. The van der Waals surface area contributed by atoms with Crippen LogP contribution < -0.4 is 5.32 Å². The zero-order valence-corrected chi connectivity index (χ0v) is 20.3. The van der Waals surface area contributed by atoms with Crippen LogP contribution in [0.25, 0.3) is 10.6 Å². The van der Waals surface area contributed by atoms with Crippen molar-refractivity contribution < 1.29 is 9.59 Å². The van der Waals surface area contributed by atoms with Crippen molar-refractivity contribution in [1.29, 1.82) is 0 Å². The molecular weight excluding hydrogens is 444 g/mol. The fourth-order valence-corrected chi connectivity index (χ4v) is 5.57. The van der Waals surface area contributed by atoms with Gasteiger partial charge in [-0.05, 0) is 62.1 Å². The summed E-state index contributed by atoms with van der Waals surface area (Å²) in [5, 5.41) is 9.79. The van der Waals surface area contributed by atoms with Crippen LogP contribution in [0, 0.1) is 0 Å². The molecule has 0 saturated heterocycles. The Balaban J connectivity index is 1.43. The Morgan fingerprint density at radius 1 is 1.18 bits per heavy atom. The molecule has 1 aliphatic heterocycles. The Morgan fingerprint density at radius 3 is 2.76 bits per heavy atom. The third-order valence-corrected chi connectivity index (χ3v) is 7.79. The van der Waals surface area contributed by atoms with Crippen LogP contribution in [0.15, 0.2) is 65.6 Å². The molecule has 6 nitrogen and oxygen atoms in total. The number of hydrogen-bond donors (Lipinski definition) is 1. The van der Waals surface area contributed by atoms with Gasteiger partial charge in [-0.2, -0.15) is 5.10 Å². The predicted molar refractivity (Wildman–Crippen MR) is 134 cm³/mol. The third kappa shape index (κ3) is 4.44. The summed E-state index contributed by atoms with van der Waals surface area (Å²) in [6.45, 7) is 3.16. The molecule has 0 bridgehead atoms. The van der Waals surface area contributed by atoms with E-state index in [1.807, 2.05) is 60.8 Å². The van der Waals surface area contributed by atoms with Crippen molar-refractivity contribution in [3.63, 3.8) is 0 Å². The first-order valence-corrected chi connectivity index (χ1v) is 12.9. The second kappa shape index (κ2) is 9.58. The number of rotatable bonds is 7. The second-order valence-corrected chi connectivity index (χ2v) is 10.3. The molecule has 2 aromatic heterocycles.